The minimum Gasteiger partial charge on any atom is -0.508 e. The average Bonchev–Trinajstić information content (AvgIpc) is 2.61. The van der Waals surface area contributed by atoms with Crippen molar-refractivity contribution in [2.45, 2.75) is 6.54 Å². The maximum absolute atomic E-state index is 13.1. The second-order valence-electron chi connectivity index (χ2n) is 5.44. The molecule has 2 N–H and O–H groups in total. The van der Waals surface area contributed by atoms with Crippen LogP contribution in [-0.4, -0.2) is 11.0 Å². The van der Waals surface area contributed by atoms with Gasteiger partial charge in [0.2, 0.25) is 0 Å². The fraction of sp³-hybridized carbons (Fsp3) is 0.0500. The lowest BCUT2D eigenvalue weighted by Crippen LogP contribution is -2.22. The van der Waals surface area contributed by atoms with E-state index in [1.165, 1.54) is 12.1 Å². The van der Waals surface area contributed by atoms with E-state index < -0.39 is 0 Å². The molecule has 1 amide bonds. The van der Waals surface area contributed by atoms with Crippen LogP contribution in [-0.2, 0) is 6.54 Å². The van der Waals surface area contributed by atoms with Gasteiger partial charge in [0.25, 0.3) is 5.91 Å². The molecule has 0 heterocycles. The first-order valence-electron chi connectivity index (χ1n) is 7.54. The highest BCUT2D eigenvalue weighted by atomic mass is 19.1. The van der Waals surface area contributed by atoms with Crippen molar-refractivity contribution in [2.24, 2.45) is 0 Å². The monoisotopic (exact) mass is 321 g/mol. The number of carbonyl (C=O) groups excluding carboxylic acids is 1. The SMILES string of the molecule is O=C(NCc1cccc(F)c1)c1ccc(-c2ccc(O)cc2)cc1. The van der Waals surface area contributed by atoms with E-state index in [2.05, 4.69) is 5.32 Å². The quantitative estimate of drug-likeness (QED) is 0.759. The number of halogens is 1. The van der Waals surface area contributed by atoms with E-state index in [0.29, 0.717) is 11.1 Å². The van der Waals surface area contributed by atoms with E-state index >= 15 is 0 Å². The van der Waals surface area contributed by atoms with E-state index in [-0.39, 0.29) is 24.0 Å². The summed E-state index contributed by atoms with van der Waals surface area (Å²) in [4.78, 5) is 12.2. The first-order valence-corrected chi connectivity index (χ1v) is 7.54. The van der Waals surface area contributed by atoms with Gasteiger partial charge in [0.05, 0.1) is 0 Å². The van der Waals surface area contributed by atoms with E-state index in [9.17, 15) is 14.3 Å². The number of phenolic OH excluding ortho intramolecular Hbond substituents is 1. The summed E-state index contributed by atoms with van der Waals surface area (Å²) >= 11 is 0. The number of amides is 1. The van der Waals surface area contributed by atoms with Crippen LogP contribution in [0.2, 0.25) is 0 Å². The van der Waals surface area contributed by atoms with Crippen molar-refractivity contribution in [3.05, 3.63) is 89.7 Å². The zero-order valence-electron chi connectivity index (χ0n) is 12.9. The lowest BCUT2D eigenvalue weighted by Gasteiger charge is -2.07. The van der Waals surface area contributed by atoms with Gasteiger partial charge in [-0.2, -0.15) is 0 Å². The average molecular weight is 321 g/mol. The summed E-state index contributed by atoms with van der Waals surface area (Å²) in [5, 5.41) is 12.1. The van der Waals surface area contributed by atoms with Crippen LogP contribution in [0, 0.1) is 5.82 Å². The van der Waals surface area contributed by atoms with Crippen molar-refractivity contribution in [1.82, 2.24) is 5.32 Å². The second kappa shape index (κ2) is 6.96. The molecule has 0 aliphatic heterocycles. The Morgan fingerprint density at radius 3 is 2.17 bits per heavy atom. The van der Waals surface area contributed by atoms with Crippen molar-refractivity contribution in [3.63, 3.8) is 0 Å². The molecule has 0 spiro atoms. The summed E-state index contributed by atoms with van der Waals surface area (Å²) in [5.41, 5.74) is 3.16. The molecular formula is C20H16FNO2. The summed E-state index contributed by atoms with van der Waals surface area (Å²) in [6, 6.07) is 20.2. The van der Waals surface area contributed by atoms with Gasteiger partial charge in [-0.15, -0.1) is 0 Å². The number of benzene rings is 3. The number of rotatable bonds is 4. The highest BCUT2D eigenvalue weighted by molar-refractivity contribution is 5.94. The highest BCUT2D eigenvalue weighted by Gasteiger charge is 2.06. The van der Waals surface area contributed by atoms with Gasteiger partial charge in [-0.3, -0.25) is 4.79 Å². The molecule has 0 fully saturated rings. The zero-order chi connectivity index (χ0) is 16.9. The van der Waals surface area contributed by atoms with E-state index in [4.69, 9.17) is 0 Å². The van der Waals surface area contributed by atoms with Crippen LogP contribution < -0.4 is 5.32 Å². The molecule has 0 bridgehead atoms. The van der Waals surface area contributed by atoms with Crippen LogP contribution in [0.25, 0.3) is 11.1 Å². The Bertz CT molecular complexity index is 842. The van der Waals surface area contributed by atoms with Gasteiger partial charge in [0.15, 0.2) is 0 Å². The topological polar surface area (TPSA) is 49.3 Å². The molecule has 0 atom stereocenters. The van der Waals surface area contributed by atoms with Gasteiger partial charge >= 0.3 is 0 Å². The lowest BCUT2D eigenvalue weighted by atomic mass is 10.0. The molecule has 24 heavy (non-hydrogen) atoms. The van der Waals surface area contributed by atoms with E-state index in [1.807, 2.05) is 24.3 Å². The first-order chi connectivity index (χ1) is 11.6. The van der Waals surface area contributed by atoms with Crippen molar-refractivity contribution >= 4 is 5.91 Å². The van der Waals surface area contributed by atoms with Crippen LogP contribution >= 0.6 is 0 Å². The third-order valence-corrected chi connectivity index (χ3v) is 3.69. The largest absolute Gasteiger partial charge is 0.508 e. The molecule has 0 aliphatic carbocycles. The smallest absolute Gasteiger partial charge is 0.251 e. The molecule has 3 aromatic rings. The van der Waals surface area contributed by atoms with Crippen LogP contribution in [0.5, 0.6) is 5.75 Å². The van der Waals surface area contributed by atoms with Gasteiger partial charge in [0, 0.05) is 12.1 Å². The molecule has 3 aromatic carbocycles. The summed E-state index contributed by atoms with van der Waals surface area (Å²) in [6.45, 7) is 0.274. The molecule has 0 aromatic heterocycles. The van der Waals surface area contributed by atoms with Crippen molar-refractivity contribution in [1.29, 1.82) is 0 Å². The molecule has 0 unspecified atom stereocenters. The van der Waals surface area contributed by atoms with Crippen molar-refractivity contribution < 1.29 is 14.3 Å². The Morgan fingerprint density at radius 2 is 1.54 bits per heavy atom. The van der Waals surface area contributed by atoms with Crippen LogP contribution in [0.1, 0.15) is 15.9 Å². The Hall–Kier alpha value is -3.14. The maximum atomic E-state index is 13.1. The van der Waals surface area contributed by atoms with Crippen LogP contribution in [0.4, 0.5) is 4.39 Å². The summed E-state index contributed by atoms with van der Waals surface area (Å²) in [5.74, 6) is -0.316. The van der Waals surface area contributed by atoms with E-state index in [0.717, 1.165) is 11.1 Å². The highest BCUT2D eigenvalue weighted by Crippen LogP contribution is 2.22. The third kappa shape index (κ3) is 3.79. The Labute approximate surface area is 139 Å². The summed E-state index contributed by atoms with van der Waals surface area (Å²) in [6.07, 6.45) is 0. The molecular weight excluding hydrogens is 305 g/mol. The normalized spacial score (nSPS) is 10.4. The number of hydrogen-bond acceptors (Lipinski definition) is 2. The van der Waals surface area contributed by atoms with Crippen molar-refractivity contribution in [3.8, 4) is 16.9 Å². The number of nitrogens with one attached hydrogen (secondary N) is 1. The molecule has 0 aliphatic rings. The summed E-state index contributed by atoms with van der Waals surface area (Å²) < 4.78 is 13.1. The Kier molecular flexibility index (Phi) is 4.57. The van der Waals surface area contributed by atoms with Gasteiger partial charge in [-0.1, -0.05) is 36.4 Å². The predicted molar refractivity (Wildman–Crippen MR) is 91.1 cm³/mol. The van der Waals surface area contributed by atoms with Gasteiger partial charge in [-0.25, -0.2) is 4.39 Å². The molecule has 3 nitrogen and oxygen atoms in total. The second-order valence-corrected chi connectivity index (χ2v) is 5.44. The fourth-order valence-electron chi connectivity index (χ4n) is 2.40. The minimum absolute atomic E-state index is 0.212. The first kappa shape index (κ1) is 15.7. The zero-order valence-corrected chi connectivity index (χ0v) is 12.9. The number of phenols is 1. The Morgan fingerprint density at radius 1 is 0.917 bits per heavy atom. The third-order valence-electron chi connectivity index (χ3n) is 3.69. The molecule has 120 valence electrons. The standard InChI is InChI=1S/C20H16FNO2/c21-18-3-1-2-14(12-18)13-22-20(24)17-6-4-15(5-7-17)16-8-10-19(23)11-9-16/h1-12,23H,13H2,(H,22,24). The molecule has 3 rings (SSSR count). The Balaban J connectivity index is 1.66. The van der Waals surface area contributed by atoms with Gasteiger partial charge < -0.3 is 10.4 Å². The maximum Gasteiger partial charge on any atom is 0.251 e. The molecule has 4 heteroatoms. The predicted octanol–water partition coefficient (Wildman–Crippen LogP) is 4.13. The van der Waals surface area contributed by atoms with E-state index in [1.54, 1.807) is 36.4 Å². The van der Waals surface area contributed by atoms with Crippen LogP contribution in [0.3, 0.4) is 0 Å². The minimum atomic E-state index is -0.319. The van der Waals surface area contributed by atoms with Gasteiger partial charge in [0.1, 0.15) is 11.6 Å². The molecule has 0 radical (unpaired) electrons. The summed E-state index contributed by atoms with van der Waals surface area (Å²) in [7, 11) is 0. The lowest BCUT2D eigenvalue weighted by molar-refractivity contribution is 0.0951. The molecule has 0 saturated carbocycles. The number of aromatic hydroxyl groups is 1. The number of carbonyl (C=O) groups is 1. The number of hydrogen-bond donors (Lipinski definition) is 2. The van der Waals surface area contributed by atoms with Crippen molar-refractivity contribution in [2.75, 3.05) is 0 Å². The van der Waals surface area contributed by atoms with Gasteiger partial charge in [-0.05, 0) is 53.1 Å². The fourth-order valence-corrected chi connectivity index (χ4v) is 2.40. The van der Waals surface area contributed by atoms with Crippen LogP contribution in [0.15, 0.2) is 72.8 Å². The molecule has 0 saturated heterocycles.